The predicted octanol–water partition coefficient (Wildman–Crippen LogP) is 4.22. The van der Waals surface area contributed by atoms with E-state index in [2.05, 4.69) is 68.2 Å². The zero-order valence-electron chi connectivity index (χ0n) is 14.6. The molecule has 0 radical (unpaired) electrons. The summed E-state index contributed by atoms with van der Waals surface area (Å²) in [5.74, 6) is 0. The zero-order valence-corrected chi connectivity index (χ0v) is 16.2. The highest BCUT2D eigenvalue weighted by Crippen LogP contribution is 2.39. The molecule has 2 aromatic carbocycles. The number of rotatable bonds is 3. The van der Waals surface area contributed by atoms with Crippen LogP contribution in [0, 0.1) is 0 Å². The number of hydroxylamine groups is 2. The van der Waals surface area contributed by atoms with Gasteiger partial charge in [-0.3, -0.25) is 0 Å². The summed E-state index contributed by atoms with van der Waals surface area (Å²) in [6, 6.07) is 15.5. The van der Waals surface area contributed by atoms with Gasteiger partial charge in [0.15, 0.2) is 0 Å². The van der Waals surface area contributed by atoms with Gasteiger partial charge in [0, 0.05) is 42.9 Å². The number of para-hydroxylation sites is 2. The van der Waals surface area contributed by atoms with Gasteiger partial charge in [0.2, 0.25) is 0 Å². The first-order valence-electron chi connectivity index (χ1n) is 8.95. The molecule has 4 nitrogen and oxygen atoms in total. The van der Waals surface area contributed by atoms with Crippen LogP contribution in [0.2, 0.25) is 0 Å². The van der Waals surface area contributed by atoms with E-state index in [-0.39, 0.29) is 0 Å². The molecule has 25 heavy (non-hydrogen) atoms. The lowest BCUT2D eigenvalue weighted by molar-refractivity contribution is -0.133. The van der Waals surface area contributed by atoms with Crippen LogP contribution < -0.4 is 9.80 Å². The molecule has 0 amide bonds. The molecule has 0 spiro atoms. The highest BCUT2D eigenvalue weighted by atomic mass is 79.9. The van der Waals surface area contributed by atoms with Crippen molar-refractivity contribution in [1.29, 1.82) is 0 Å². The Labute approximate surface area is 158 Å². The van der Waals surface area contributed by atoms with Crippen LogP contribution in [0.3, 0.4) is 0 Å². The number of hydrogen-bond acceptors (Lipinski definition) is 4. The van der Waals surface area contributed by atoms with Crippen LogP contribution >= 0.6 is 15.9 Å². The fourth-order valence-electron chi connectivity index (χ4n) is 3.89. The topological polar surface area (TPSA) is 19.0 Å². The van der Waals surface area contributed by atoms with Crippen molar-refractivity contribution in [2.75, 3.05) is 49.6 Å². The fourth-order valence-corrected chi connectivity index (χ4v) is 4.30. The van der Waals surface area contributed by atoms with Gasteiger partial charge in [-0.15, -0.1) is 0 Å². The van der Waals surface area contributed by atoms with Crippen LogP contribution in [-0.4, -0.2) is 44.9 Å². The number of nitrogens with zero attached hydrogens (tertiary/aromatic N) is 3. The van der Waals surface area contributed by atoms with Crippen molar-refractivity contribution in [3.8, 4) is 0 Å². The molecule has 1 saturated heterocycles. The minimum atomic E-state index is 0.939. The van der Waals surface area contributed by atoms with Gasteiger partial charge in [0.1, 0.15) is 0 Å². The molecule has 4 rings (SSSR count). The van der Waals surface area contributed by atoms with Crippen LogP contribution in [0.1, 0.15) is 12.0 Å². The van der Waals surface area contributed by atoms with Crippen LogP contribution in [0.4, 0.5) is 17.1 Å². The number of benzene rings is 2. The molecule has 132 valence electrons. The second kappa shape index (κ2) is 7.36. The molecule has 0 unspecified atom stereocenters. The average Bonchev–Trinajstić information content (AvgIpc) is 2.67. The molecule has 1 fully saturated rings. The van der Waals surface area contributed by atoms with Gasteiger partial charge in [-0.2, -0.15) is 5.06 Å². The Morgan fingerprint density at radius 1 is 0.880 bits per heavy atom. The zero-order chi connectivity index (χ0) is 17.2. The van der Waals surface area contributed by atoms with Crippen molar-refractivity contribution in [3.05, 3.63) is 52.5 Å². The Morgan fingerprint density at radius 2 is 1.64 bits per heavy atom. The number of aryl methyl sites for hydroxylation is 1. The number of piperazine rings is 1. The molecule has 0 saturated carbocycles. The van der Waals surface area contributed by atoms with E-state index in [1.54, 1.807) is 7.11 Å². The van der Waals surface area contributed by atoms with E-state index >= 15 is 0 Å². The minimum Gasteiger partial charge on any atom is -0.367 e. The van der Waals surface area contributed by atoms with Crippen molar-refractivity contribution in [2.24, 2.45) is 0 Å². The van der Waals surface area contributed by atoms with Gasteiger partial charge >= 0.3 is 0 Å². The standard InChI is InChI=1S/C20H24BrN3O/c1-25-23-13-11-22(12-14-23)19-6-2-3-7-20(19)24-10-4-5-16-15-17(21)8-9-18(16)24/h2-3,6-9,15H,4-5,10-14H2,1H3. The van der Waals surface area contributed by atoms with E-state index in [0.717, 1.165) is 43.6 Å². The fraction of sp³-hybridized carbons (Fsp3) is 0.400. The quantitative estimate of drug-likeness (QED) is 0.766. The molecule has 2 aromatic rings. The first-order chi connectivity index (χ1) is 12.3. The van der Waals surface area contributed by atoms with Crippen LogP contribution in [0.25, 0.3) is 0 Å². The summed E-state index contributed by atoms with van der Waals surface area (Å²) in [7, 11) is 1.76. The van der Waals surface area contributed by atoms with E-state index in [1.165, 1.54) is 29.0 Å². The molecular formula is C20H24BrN3O. The largest absolute Gasteiger partial charge is 0.367 e. The van der Waals surface area contributed by atoms with Crippen LogP contribution in [-0.2, 0) is 11.3 Å². The van der Waals surface area contributed by atoms with Gasteiger partial charge in [0.25, 0.3) is 0 Å². The van der Waals surface area contributed by atoms with Gasteiger partial charge < -0.3 is 14.6 Å². The van der Waals surface area contributed by atoms with Crippen LogP contribution in [0.5, 0.6) is 0 Å². The lowest BCUT2D eigenvalue weighted by Gasteiger charge is -2.39. The Kier molecular flexibility index (Phi) is 4.97. The van der Waals surface area contributed by atoms with Crippen molar-refractivity contribution >= 4 is 33.0 Å². The summed E-state index contributed by atoms with van der Waals surface area (Å²) in [6.07, 6.45) is 2.34. The van der Waals surface area contributed by atoms with E-state index in [1.807, 2.05) is 5.06 Å². The Morgan fingerprint density at radius 3 is 2.40 bits per heavy atom. The van der Waals surface area contributed by atoms with E-state index in [0.29, 0.717) is 0 Å². The number of halogens is 1. The average molecular weight is 402 g/mol. The summed E-state index contributed by atoms with van der Waals surface area (Å²) >= 11 is 3.61. The molecule has 0 aliphatic carbocycles. The van der Waals surface area contributed by atoms with Crippen molar-refractivity contribution in [1.82, 2.24) is 5.06 Å². The van der Waals surface area contributed by atoms with Gasteiger partial charge in [-0.1, -0.05) is 28.1 Å². The summed E-state index contributed by atoms with van der Waals surface area (Å²) < 4.78 is 1.16. The molecule has 2 aliphatic rings. The molecule has 5 heteroatoms. The van der Waals surface area contributed by atoms with E-state index in [9.17, 15) is 0 Å². The second-order valence-corrected chi connectivity index (χ2v) is 7.53. The molecule has 2 aliphatic heterocycles. The van der Waals surface area contributed by atoms with E-state index in [4.69, 9.17) is 4.84 Å². The first kappa shape index (κ1) is 16.9. The van der Waals surface area contributed by atoms with Gasteiger partial charge in [-0.05, 0) is 48.7 Å². The summed E-state index contributed by atoms with van der Waals surface area (Å²) in [6.45, 7) is 4.93. The highest BCUT2D eigenvalue weighted by molar-refractivity contribution is 9.10. The second-order valence-electron chi connectivity index (χ2n) is 6.62. The van der Waals surface area contributed by atoms with Crippen molar-refractivity contribution < 1.29 is 4.84 Å². The maximum atomic E-state index is 5.37. The van der Waals surface area contributed by atoms with Gasteiger partial charge in [-0.25, -0.2) is 0 Å². The number of anilines is 3. The lowest BCUT2D eigenvalue weighted by atomic mass is 10.0. The lowest BCUT2D eigenvalue weighted by Crippen LogP contribution is -2.46. The third kappa shape index (κ3) is 3.41. The maximum absolute atomic E-state index is 5.37. The summed E-state index contributed by atoms with van der Waals surface area (Å²) in [4.78, 5) is 10.3. The Hall–Kier alpha value is -1.56. The normalized spacial score (nSPS) is 18.3. The monoisotopic (exact) mass is 401 g/mol. The summed E-state index contributed by atoms with van der Waals surface area (Å²) in [5, 5.41) is 2.03. The minimum absolute atomic E-state index is 0.939. The van der Waals surface area contributed by atoms with Gasteiger partial charge in [0.05, 0.1) is 18.5 Å². The third-order valence-electron chi connectivity index (χ3n) is 5.17. The Balaban J connectivity index is 1.67. The summed E-state index contributed by atoms with van der Waals surface area (Å²) in [5.41, 5.74) is 5.42. The molecule has 0 atom stereocenters. The molecule has 0 N–H and O–H groups in total. The Bertz CT molecular complexity index is 743. The van der Waals surface area contributed by atoms with Crippen LogP contribution in [0.15, 0.2) is 46.9 Å². The van der Waals surface area contributed by atoms with Crippen molar-refractivity contribution in [3.63, 3.8) is 0 Å². The molecule has 0 bridgehead atoms. The molecular weight excluding hydrogens is 378 g/mol. The first-order valence-corrected chi connectivity index (χ1v) is 9.74. The molecule has 2 heterocycles. The third-order valence-corrected chi connectivity index (χ3v) is 5.66. The predicted molar refractivity (Wildman–Crippen MR) is 107 cm³/mol. The highest BCUT2D eigenvalue weighted by Gasteiger charge is 2.24. The van der Waals surface area contributed by atoms with E-state index < -0.39 is 0 Å². The number of hydrogen-bond donors (Lipinski definition) is 0. The smallest absolute Gasteiger partial charge is 0.0648 e. The maximum Gasteiger partial charge on any atom is 0.0648 e. The SMILES string of the molecule is CON1CCN(c2ccccc2N2CCCc3cc(Br)ccc32)CC1. The molecule has 0 aromatic heterocycles. The van der Waals surface area contributed by atoms with Crippen molar-refractivity contribution in [2.45, 2.75) is 12.8 Å². The number of fused-ring (bicyclic) bond motifs is 1.